The minimum atomic E-state index is -0.791. The number of hydrogen-bond donors (Lipinski definition) is 0. The summed E-state index contributed by atoms with van der Waals surface area (Å²) in [5.41, 5.74) is 1.52. The van der Waals surface area contributed by atoms with Gasteiger partial charge in [-0.15, -0.1) is 0 Å². The van der Waals surface area contributed by atoms with Crippen LogP contribution in [0.3, 0.4) is 0 Å². The van der Waals surface area contributed by atoms with Crippen LogP contribution in [0.15, 0.2) is 54.6 Å². The maximum absolute atomic E-state index is 13.3. The van der Waals surface area contributed by atoms with Crippen LogP contribution in [0.4, 0.5) is 4.79 Å². The van der Waals surface area contributed by atoms with Crippen LogP contribution in [0.2, 0.25) is 0 Å². The third-order valence-electron chi connectivity index (χ3n) is 6.92. The summed E-state index contributed by atoms with van der Waals surface area (Å²) in [4.78, 5) is 55.9. The van der Waals surface area contributed by atoms with Crippen molar-refractivity contribution in [2.24, 2.45) is 5.92 Å². The third kappa shape index (κ3) is 6.28. The molecule has 2 aliphatic heterocycles. The smallest absolute Gasteiger partial charge is 0.434 e. The zero-order chi connectivity index (χ0) is 26.4. The molecule has 2 atom stereocenters. The SMILES string of the molecule is CCOC(=O)Oc1ccc(C(=O)N2CCCN(C(=O)C3CC(=O)N(C(C)c4ccccc4)C3)CC2)cc1. The number of hydrogen-bond acceptors (Lipinski definition) is 6. The van der Waals surface area contributed by atoms with Gasteiger partial charge in [0.15, 0.2) is 0 Å². The first-order valence-corrected chi connectivity index (χ1v) is 12.7. The fraction of sp³-hybridized carbons (Fsp3) is 0.429. The van der Waals surface area contributed by atoms with Crippen LogP contribution < -0.4 is 4.74 Å². The fourth-order valence-electron chi connectivity index (χ4n) is 4.87. The molecule has 2 aromatic rings. The zero-order valence-electron chi connectivity index (χ0n) is 21.3. The van der Waals surface area contributed by atoms with Gasteiger partial charge in [0.2, 0.25) is 11.8 Å². The molecular formula is C28H33N3O6. The first kappa shape index (κ1) is 26.2. The molecule has 0 aliphatic carbocycles. The molecule has 0 aromatic heterocycles. The largest absolute Gasteiger partial charge is 0.513 e. The molecule has 0 radical (unpaired) electrons. The first-order valence-electron chi connectivity index (χ1n) is 12.7. The Balaban J connectivity index is 1.32. The lowest BCUT2D eigenvalue weighted by molar-refractivity contribution is -0.135. The minimum Gasteiger partial charge on any atom is -0.434 e. The third-order valence-corrected chi connectivity index (χ3v) is 6.92. The van der Waals surface area contributed by atoms with Gasteiger partial charge < -0.3 is 24.2 Å². The van der Waals surface area contributed by atoms with Crippen LogP contribution in [0.1, 0.15) is 48.7 Å². The van der Waals surface area contributed by atoms with Gasteiger partial charge in [0, 0.05) is 44.7 Å². The summed E-state index contributed by atoms with van der Waals surface area (Å²) in [6.07, 6.45) is 0.0854. The lowest BCUT2D eigenvalue weighted by Crippen LogP contribution is -2.40. The van der Waals surface area contributed by atoms with E-state index in [0.717, 1.165) is 5.56 Å². The van der Waals surface area contributed by atoms with E-state index in [0.29, 0.717) is 50.5 Å². The van der Waals surface area contributed by atoms with E-state index in [9.17, 15) is 19.2 Å². The molecule has 0 bridgehead atoms. The molecule has 2 heterocycles. The quantitative estimate of drug-likeness (QED) is 0.439. The molecule has 2 aliphatic rings. The van der Waals surface area contributed by atoms with Gasteiger partial charge in [0.05, 0.1) is 18.6 Å². The monoisotopic (exact) mass is 507 g/mol. The first-order chi connectivity index (χ1) is 17.9. The standard InChI is InChI=1S/C28H33N3O6/c1-3-36-28(35)37-24-12-10-22(11-13-24)26(33)29-14-7-15-30(17-16-29)27(34)23-18-25(32)31(19-23)20(2)21-8-5-4-6-9-21/h4-6,8-13,20,23H,3,7,14-19H2,1-2H3. The predicted molar refractivity (Wildman–Crippen MR) is 136 cm³/mol. The topological polar surface area (TPSA) is 96.5 Å². The Morgan fingerprint density at radius 1 is 0.946 bits per heavy atom. The molecule has 2 fully saturated rings. The summed E-state index contributed by atoms with van der Waals surface area (Å²) in [5.74, 6) is -0.240. The van der Waals surface area contributed by atoms with Gasteiger partial charge in [-0.05, 0) is 50.1 Å². The fourth-order valence-corrected chi connectivity index (χ4v) is 4.87. The van der Waals surface area contributed by atoms with Crippen molar-refractivity contribution in [3.05, 3.63) is 65.7 Å². The molecule has 9 heteroatoms. The molecule has 2 aromatic carbocycles. The van der Waals surface area contributed by atoms with Gasteiger partial charge in [0.25, 0.3) is 5.91 Å². The summed E-state index contributed by atoms with van der Waals surface area (Å²) in [6, 6.07) is 16.1. The zero-order valence-corrected chi connectivity index (χ0v) is 21.3. The molecule has 3 amide bonds. The molecule has 0 saturated carbocycles. The Kier molecular flexibility index (Phi) is 8.43. The van der Waals surface area contributed by atoms with E-state index in [-0.39, 0.29) is 42.7 Å². The van der Waals surface area contributed by atoms with Gasteiger partial charge in [-0.2, -0.15) is 0 Å². The van der Waals surface area contributed by atoms with Crippen molar-refractivity contribution in [3.63, 3.8) is 0 Å². The van der Waals surface area contributed by atoms with E-state index in [4.69, 9.17) is 9.47 Å². The predicted octanol–water partition coefficient (Wildman–Crippen LogP) is 3.51. The number of nitrogens with zero attached hydrogens (tertiary/aromatic N) is 3. The molecule has 2 unspecified atom stereocenters. The van der Waals surface area contributed by atoms with Gasteiger partial charge in [0.1, 0.15) is 5.75 Å². The van der Waals surface area contributed by atoms with E-state index < -0.39 is 6.16 Å². The molecule has 9 nitrogen and oxygen atoms in total. The summed E-state index contributed by atoms with van der Waals surface area (Å²) in [7, 11) is 0. The summed E-state index contributed by atoms with van der Waals surface area (Å²) in [5, 5.41) is 0. The van der Waals surface area contributed by atoms with Crippen molar-refractivity contribution in [3.8, 4) is 5.75 Å². The molecule has 0 N–H and O–H groups in total. The van der Waals surface area contributed by atoms with Crippen molar-refractivity contribution < 1.29 is 28.7 Å². The van der Waals surface area contributed by atoms with E-state index in [2.05, 4.69) is 0 Å². The van der Waals surface area contributed by atoms with Crippen LogP contribution in [0.5, 0.6) is 5.75 Å². The average Bonchev–Trinajstić information content (AvgIpc) is 3.13. The Morgan fingerprint density at radius 2 is 1.62 bits per heavy atom. The second kappa shape index (κ2) is 11.9. The second-order valence-corrected chi connectivity index (χ2v) is 9.31. The summed E-state index contributed by atoms with van der Waals surface area (Å²) < 4.78 is 9.79. The van der Waals surface area contributed by atoms with Crippen LogP contribution in [0, 0.1) is 5.92 Å². The van der Waals surface area contributed by atoms with Gasteiger partial charge >= 0.3 is 6.16 Å². The van der Waals surface area contributed by atoms with Crippen LogP contribution >= 0.6 is 0 Å². The van der Waals surface area contributed by atoms with Crippen LogP contribution in [-0.2, 0) is 14.3 Å². The minimum absolute atomic E-state index is 0.00304. The van der Waals surface area contributed by atoms with Crippen LogP contribution in [0.25, 0.3) is 0 Å². The normalized spacial score (nSPS) is 18.8. The second-order valence-electron chi connectivity index (χ2n) is 9.31. The lowest BCUT2D eigenvalue weighted by atomic mass is 10.1. The lowest BCUT2D eigenvalue weighted by Gasteiger charge is -2.27. The van der Waals surface area contributed by atoms with Crippen molar-refractivity contribution in [1.29, 1.82) is 0 Å². The van der Waals surface area contributed by atoms with E-state index >= 15 is 0 Å². The highest BCUT2D eigenvalue weighted by Gasteiger charge is 2.39. The van der Waals surface area contributed by atoms with E-state index in [1.54, 1.807) is 45.9 Å². The van der Waals surface area contributed by atoms with Gasteiger partial charge in [-0.1, -0.05) is 30.3 Å². The summed E-state index contributed by atoms with van der Waals surface area (Å²) >= 11 is 0. The van der Waals surface area contributed by atoms with E-state index in [1.165, 1.54) is 0 Å². The van der Waals surface area contributed by atoms with Crippen molar-refractivity contribution in [2.45, 2.75) is 32.7 Å². The highest BCUT2D eigenvalue weighted by Crippen LogP contribution is 2.29. The van der Waals surface area contributed by atoms with Crippen LogP contribution in [-0.4, -0.2) is 77.9 Å². The number of amides is 3. The molecule has 0 spiro atoms. The molecule has 37 heavy (non-hydrogen) atoms. The van der Waals surface area contributed by atoms with Gasteiger partial charge in [-0.25, -0.2) is 4.79 Å². The maximum atomic E-state index is 13.3. The Labute approximate surface area is 216 Å². The van der Waals surface area contributed by atoms with Crippen molar-refractivity contribution in [2.75, 3.05) is 39.3 Å². The highest BCUT2D eigenvalue weighted by molar-refractivity contribution is 5.94. The molecule has 4 rings (SSSR count). The average molecular weight is 508 g/mol. The number of ether oxygens (including phenoxy) is 2. The van der Waals surface area contributed by atoms with Crippen molar-refractivity contribution in [1.82, 2.24) is 14.7 Å². The molecular weight excluding hydrogens is 474 g/mol. The number of carbonyl (C=O) groups excluding carboxylic acids is 4. The summed E-state index contributed by atoms with van der Waals surface area (Å²) in [6.45, 7) is 6.22. The molecule has 196 valence electrons. The number of carbonyl (C=O) groups is 4. The highest BCUT2D eigenvalue weighted by atomic mass is 16.7. The number of benzene rings is 2. The number of likely N-dealkylation sites (tertiary alicyclic amines) is 1. The molecule has 2 saturated heterocycles. The Bertz CT molecular complexity index is 1120. The Hall–Kier alpha value is -3.88. The van der Waals surface area contributed by atoms with E-state index in [1.807, 2.05) is 37.3 Å². The maximum Gasteiger partial charge on any atom is 0.513 e. The number of rotatable bonds is 6. The van der Waals surface area contributed by atoms with Gasteiger partial charge in [-0.3, -0.25) is 14.4 Å². The Morgan fingerprint density at radius 3 is 2.32 bits per heavy atom. The van der Waals surface area contributed by atoms with Crippen molar-refractivity contribution >= 4 is 23.9 Å².